The molecule has 2 atom stereocenters. The summed E-state index contributed by atoms with van der Waals surface area (Å²) in [6.07, 6.45) is 9.79. The zero-order chi connectivity index (χ0) is 17.7. The van der Waals surface area contributed by atoms with Crippen molar-refractivity contribution in [2.75, 3.05) is 26.2 Å². The zero-order valence-electron chi connectivity index (χ0n) is 15.1. The van der Waals surface area contributed by atoms with E-state index in [0.29, 0.717) is 5.92 Å². The number of piperidine rings is 1. The van der Waals surface area contributed by atoms with E-state index < -0.39 is 0 Å². The van der Waals surface area contributed by atoms with Crippen LogP contribution in [0.4, 0.5) is 0 Å². The van der Waals surface area contributed by atoms with Crippen molar-refractivity contribution in [1.82, 2.24) is 14.7 Å². The second-order valence-corrected chi connectivity index (χ2v) is 6.81. The van der Waals surface area contributed by atoms with Crippen molar-refractivity contribution in [3.05, 3.63) is 36.7 Å². The third-order valence-corrected chi connectivity index (χ3v) is 4.73. The molecule has 132 valence electrons. The van der Waals surface area contributed by atoms with Gasteiger partial charge in [-0.3, -0.25) is 9.59 Å². The first-order valence-corrected chi connectivity index (χ1v) is 8.72. The first-order valence-electron chi connectivity index (χ1n) is 8.72. The predicted octanol–water partition coefficient (Wildman–Crippen LogP) is 2.38. The molecule has 0 saturated carbocycles. The molecule has 0 aromatic rings. The largest absolute Gasteiger partial charge is 0.373 e. The summed E-state index contributed by atoms with van der Waals surface area (Å²) in [4.78, 5) is 29.7. The number of carbonyl (C=O) groups is 2. The molecule has 24 heavy (non-hydrogen) atoms. The summed E-state index contributed by atoms with van der Waals surface area (Å²) < 4.78 is 0. The molecule has 2 unspecified atom stereocenters. The van der Waals surface area contributed by atoms with Crippen molar-refractivity contribution in [3.8, 4) is 0 Å². The Hall–Kier alpha value is -2.04. The Labute approximate surface area is 145 Å². The standard InChI is InChI=1S/C19H29N3O2/c1-5-6-9-19-14-20(11-15(2)22(19)17(4)24)12-18-8-7-10-21(13-18)16(3)23/h5-6,9,14-15,18H,1,7-8,10-13H2,2-4H3/b9-6-. The average Bonchev–Trinajstić information content (AvgIpc) is 2.52. The molecular weight excluding hydrogens is 302 g/mol. The van der Waals surface area contributed by atoms with Crippen LogP contribution < -0.4 is 0 Å². The first kappa shape index (κ1) is 18.3. The molecule has 2 aliphatic heterocycles. The van der Waals surface area contributed by atoms with Gasteiger partial charge in [-0.05, 0) is 31.8 Å². The molecule has 2 rings (SSSR count). The highest BCUT2D eigenvalue weighted by Crippen LogP contribution is 2.23. The van der Waals surface area contributed by atoms with Crippen LogP contribution in [0.2, 0.25) is 0 Å². The Morgan fingerprint density at radius 2 is 2.04 bits per heavy atom. The van der Waals surface area contributed by atoms with Gasteiger partial charge in [-0.25, -0.2) is 0 Å². The van der Waals surface area contributed by atoms with Crippen LogP contribution in [0.3, 0.4) is 0 Å². The van der Waals surface area contributed by atoms with E-state index in [1.807, 2.05) is 22.0 Å². The highest BCUT2D eigenvalue weighted by molar-refractivity contribution is 5.76. The monoisotopic (exact) mass is 331 g/mol. The van der Waals surface area contributed by atoms with Crippen molar-refractivity contribution < 1.29 is 9.59 Å². The van der Waals surface area contributed by atoms with E-state index in [9.17, 15) is 9.59 Å². The van der Waals surface area contributed by atoms with Crippen LogP contribution in [-0.4, -0.2) is 58.7 Å². The molecule has 2 amide bonds. The van der Waals surface area contributed by atoms with Gasteiger partial charge < -0.3 is 14.7 Å². The number of hydrogen-bond acceptors (Lipinski definition) is 3. The molecule has 1 saturated heterocycles. The number of nitrogens with zero attached hydrogens (tertiary/aromatic N) is 3. The summed E-state index contributed by atoms with van der Waals surface area (Å²) in [5.41, 5.74) is 0.903. The highest BCUT2D eigenvalue weighted by atomic mass is 16.2. The van der Waals surface area contributed by atoms with E-state index >= 15 is 0 Å². The zero-order valence-corrected chi connectivity index (χ0v) is 15.1. The summed E-state index contributed by atoms with van der Waals surface area (Å²) in [5, 5.41) is 0. The van der Waals surface area contributed by atoms with Gasteiger partial charge >= 0.3 is 0 Å². The lowest BCUT2D eigenvalue weighted by molar-refractivity contribution is -0.131. The molecule has 0 bridgehead atoms. The Morgan fingerprint density at radius 3 is 2.67 bits per heavy atom. The average molecular weight is 331 g/mol. The van der Waals surface area contributed by atoms with Crippen LogP contribution in [0, 0.1) is 5.92 Å². The second kappa shape index (κ2) is 8.18. The lowest BCUT2D eigenvalue weighted by atomic mass is 9.97. The van der Waals surface area contributed by atoms with Crippen LogP contribution in [0.1, 0.15) is 33.6 Å². The van der Waals surface area contributed by atoms with E-state index in [2.05, 4.69) is 24.6 Å². The summed E-state index contributed by atoms with van der Waals surface area (Å²) in [5.74, 6) is 0.710. The third kappa shape index (κ3) is 4.49. The molecule has 0 spiro atoms. The molecule has 2 heterocycles. The molecule has 0 radical (unpaired) electrons. The molecular formula is C19H29N3O2. The number of carbonyl (C=O) groups excluding carboxylic acids is 2. The maximum absolute atomic E-state index is 12.0. The molecule has 5 heteroatoms. The quantitative estimate of drug-likeness (QED) is 0.743. The molecule has 0 aromatic heterocycles. The van der Waals surface area contributed by atoms with E-state index in [0.717, 1.165) is 44.7 Å². The smallest absolute Gasteiger partial charge is 0.224 e. The van der Waals surface area contributed by atoms with Gasteiger partial charge in [0.1, 0.15) is 0 Å². The number of likely N-dealkylation sites (tertiary alicyclic amines) is 1. The maximum Gasteiger partial charge on any atom is 0.224 e. The van der Waals surface area contributed by atoms with Crippen molar-refractivity contribution in [3.63, 3.8) is 0 Å². The van der Waals surface area contributed by atoms with Gasteiger partial charge in [-0.2, -0.15) is 0 Å². The maximum atomic E-state index is 12.0. The lowest BCUT2D eigenvalue weighted by Gasteiger charge is -2.41. The van der Waals surface area contributed by atoms with E-state index in [-0.39, 0.29) is 17.9 Å². The fourth-order valence-electron chi connectivity index (χ4n) is 3.72. The van der Waals surface area contributed by atoms with Crippen molar-refractivity contribution >= 4 is 11.8 Å². The van der Waals surface area contributed by atoms with Gasteiger partial charge in [0.15, 0.2) is 0 Å². The number of hydrogen-bond donors (Lipinski definition) is 0. The Bertz CT molecular complexity index is 553. The lowest BCUT2D eigenvalue weighted by Crippen LogP contribution is -2.49. The molecule has 0 N–H and O–H groups in total. The second-order valence-electron chi connectivity index (χ2n) is 6.81. The first-order chi connectivity index (χ1) is 11.4. The Morgan fingerprint density at radius 1 is 1.29 bits per heavy atom. The number of rotatable bonds is 4. The molecule has 2 aliphatic rings. The predicted molar refractivity (Wildman–Crippen MR) is 96.0 cm³/mol. The summed E-state index contributed by atoms with van der Waals surface area (Å²) >= 11 is 0. The normalized spacial score (nSPS) is 25.0. The minimum Gasteiger partial charge on any atom is -0.373 e. The van der Waals surface area contributed by atoms with Gasteiger partial charge in [0.05, 0.1) is 11.7 Å². The molecule has 5 nitrogen and oxygen atoms in total. The SMILES string of the molecule is C=C/C=C\C1=CN(CC2CCCN(C(C)=O)C2)CC(C)N1C(C)=O. The van der Waals surface area contributed by atoms with Crippen molar-refractivity contribution in [2.45, 2.75) is 39.7 Å². The summed E-state index contributed by atoms with van der Waals surface area (Å²) in [6, 6.07) is 0.129. The van der Waals surface area contributed by atoms with E-state index in [4.69, 9.17) is 0 Å². The molecule has 1 fully saturated rings. The van der Waals surface area contributed by atoms with Gasteiger partial charge in [0.2, 0.25) is 11.8 Å². The van der Waals surface area contributed by atoms with Crippen molar-refractivity contribution in [1.29, 1.82) is 0 Å². The van der Waals surface area contributed by atoms with Gasteiger partial charge in [0.25, 0.3) is 0 Å². The fourth-order valence-corrected chi connectivity index (χ4v) is 3.72. The summed E-state index contributed by atoms with van der Waals surface area (Å²) in [6.45, 7) is 12.5. The molecule has 0 aromatic carbocycles. The number of allylic oxidation sites excluding steroid dienone is 3. The van der Waals surface area contributed by atoms with Gasteiger partial charge in [-0.1, -0.05) is 18.7 Å². The molecule has 0 aliphatic carbocycles. The van der Waals surface area contributed by atoms with Crippen LogP contribution >= 0.6 is 0 Å². The van der Waals surface area contributed by atoms with Crippen LogP contribution in [0.5, 0.6) is 0 Å². The Balaban J connectivity index is 2.10. The van der Waals surface area contributed by atoms with Gasteiger partial charge in [0, 0.05) is 46.2 Å². The Kier molecular flexibility index (Phi) is 6.23. The topological polar surface area (TPSA) is 43.9 Å². The van der Waals surface area contributed by atoms with Crippen LogP contribution in [0.15, 0.2) is 36.7 Å². The summed E-state index contributed by atoms with van der Waals surface area (Å²) in [7, 11) is 0. The number of amides is 2. The van der Waals surface area contributed by atoms with Crippen molar-refractivity contribution in [2.24, 2.45) is 5.92 Å². The van der Waals surface area contributed by atoms with E-state index in [1.165, 1.54) is 0 Å². The highest BCUT2D eigenvalue weighted by Gasteiger charge is 2.29. The van der Waals surface area contributed by atoms with E-state index in [1.54, 1.807) is 19.9 Å². The minimum atomic E-state index is 0.0579. The van der Waals surface area contributed by atoms with Crippen LogP contribution in [-0.2, 0) is 9.59 Å². The minimum absolute atomic E-state index is 0.0579. The fraction of sp³-hybridized carbons (Fsp3) is 0.579. The van der Waals surface area contributed by atoms with Gasteiger partial charge in [-0.15, -0.1) is 0 Å². The third-order valence-electron chi connectivity index (χ3n) is 4.73. The van der Waals surface area contributed by atoms with Crippen LogP contribution in [0.25, 0.3) is 0 Å².